The molecular formula is C17H28N4O3. The molecule has 0 spiro atoms. The summed E-state index contributed by atoms with van der Waals surface area (Å²) in [5.74, 6) is -0.237. The van der Waals surface area contributed by atoms with Gasteiger partial charge in [0.05, 0.1) is 11.8 Å². The molecule has 0 aliphatic carbocycles. The van der Waals surface area contributed by atoms with E-state index in [-0.39, 0.29) is 23.6 Å². The Morgan fingerprint density at radius 3 is 2.67 bits per heavy atom. The highest BCUT2D eigenvalue weighted by Gasteiger charge is 2.32. The smallest absolute Gasteiger partial charge is 0.277 e. The zero-order valence-electron chi connectivity index (χ0n) is 15.3. The van der Waals surface area contributed by atoms with Crippen molar-refractivity contribution in [3.05, 3.63) is 27.2 Å². The maximum atomic E-state index is 12.9. The van der Waals surface area contributed by atoms with Crippen LogP contribution in [-0.2, 0) is 17.6 Å². The molecule has 1 amide bonds. The van der Waals surface area contributed by atoms with Gasteiger partial charge in [0.25, 0.3) is 11.5 Å². The molecule has 24 heavy (non-hydrogen) atoms. The van der Waals surface area contributed by atoms with Crippen molar-refractivity contribution in [2.75, 3.05) is 34.3 Å². The van der Waals surface area contributed by atoms with E-state index in [4.69, 9.17) is 4.74 Å². The minimum absolute atomic E-state index is 0.200. The quantitative estimate of drug-likeness (QED) is 0.827. The van der Waals surface area contributed by atoms with Crippen LogP contribution in [0.1, 0.15) is 41.9 Å². The lowest BCUT2D eigenvalue weighted by molar-refractivity contribution is 0.0757. The number of methoxy groups -OCH3 is 1. The van der Waals surface area contributed by atoms with Crippen LogP contribution in [0.5, 0.6) is 0 Å². The molecule has 2 rings (SSSR count). The van der Waals surface area contributed by atoms with Crippen LogP contribution in [0.25, 0.3) is 0 Å². The molecule has 1 fully saturated rings. The van der Waals surface area contributed by atoms with E-state index >= 15 is 0 Å². The van der Waals surface area contributed by atoms with Gasteiger partial charge in [-0.05, 0) is 31.9 Å². The predicted molar refractivity (Wildman–Crippen MR) is 92.4 cm³/mol. The van der Waals surface area contributed by atoms with Gasteiger partial charge in [-0.25, -0.2) is 5.10 Å². The molecule has 7 nitrogen and oxygen atoms in total. The maximum Gasteiger partial charge on any atom is 0.277 e. The van der Waals surface area contributed by atoms with Crippen LogP contribution in [0.4, 0.5) is 0 Å². The Balaban J connectivity index is 2.21. The van der Waals surface area contributed by atoms with Gasteiger partial charge >= 0.3 is 0 Å². The Kier molecular flexibility index (Phi) is 6.12. The molecule has 1 saturated heterocycles. The summed E-state index contributed by atoms with van der Waals surface area (Å²) in [6.07, 6.45) is 2.39. The van der Waals surface area contributed by atoms with Crippen molar-refractivity contribution in [2.24, 2.45) is 0 Å². The molecule has 134 valence electrons. The summed E-state index contributed by atoms with van der Waals surface area (Å²) >= 11 is 0. The Hall–Kier alpha value is -1.73. The summed E-state index contributed by atoms with van der Waals surface area (Å²) < 4.78 is 5.42. The number of amides is 1. The Morgan fingerprint density at radius 2 is 2.12 bits per heavy atom. The number of ether oxygens (including phenoxy) is 1. The minimum atomic E-state index is -0.407. The molecule has 0 radical (unpaired) electrons. The van der Waals surface area contributed by atoms with Crippen LogP contribution in [0.15, 0.2) is 4.79 Å². The third kappa shape index (κ3) is 3.67. The predicted octanol–water partition coefficient (Wildman–Crippen LogP) is 0.686. The third-order valence-electron chi connectivity index (χ3n) is 4.89. The van der Waals surface area contributed by atoms with Gasteiger partial charge < -0.3 is 9.64 Å². The molecule has 2 heterocycles. The van der Waals surface area contributed by atoms with Gasteiger partial charge in [0.15, 0.2) is 0 Å². The van der Waals surface area contributed by atoms with Crippen LogP contribution >= 0.6 is 0 Å². The molecular weight excluding hydrogens is 308 g/mol. The summed E-state index contributed by atoms with van der Waals surface area (Å²) in [5, 5.41) is 6.54. The van der Waals surface area contributed by atoms with Crippen molar-refractivity contribution in [1.29, 1.82) is 0 Å². The van der Waals surface area contributed by atoms with Gasteiger partial charge in [0, 0.05) is 33.3 Å². The van der Waals surface area contributed by atoms with Gasteiger partial charge in [-0.3, -0.25) is 14.5 Å². The van der Waals surface area contributed by atoms with Crippen LogP contribution in [0, 0.1) is 0 Å². The number of H-pyrrole nitrogens is 1. The van der Waals surface area contributed by atoms with Crippen molar-refractivity contribution in [2.45, 2.75) is 45.3 Å². The lowest BCUT2D eigenvalue weighted by Crippen LogP contribution is -2.41. The van der Waals surface area contributed by atoms with E-state index in [1.807, 2.05) is 20.9 Å². The molecule has 1 aliphatic heterocycles. The number of nitrogens with one attached hydrogen (secondary N) is 1. The Morgan fingerprint density at radius 1 is 1.42 bits per heavy atom. The van der Waals surface area contributed by atoms with Gasteiger partial charge in [0.2, 0.25) is 0 Å². The van der Waals surface area contributed by atoms with Crippen molar-refractivity contribution >= 4 is 5.91 Å². The molecule has 0 saturated carbocycles. The second-order valence-corrected chi connectivity index (χ2v) is 6.43. The monoisotopic (exact) mass is 336 g/mol. The number of aromatic nitrogens is 2. The number of carbonyl (C=O) groups is 1. The van der Waals surface area contributed by atoms with E-state index in [1.54, 1.807) is 19.1 Å². The molecule has 7 heteroatoms. The molecule has 0 bridgehead atoms. The molecule has 1 aromatic heterocycles. The first-order chi connectivity index (χ1) is 11.4. The van der Waals surface area contributed by atoms with Crippen molar-refractivity contribution in [3.63, 3.8) is 0 Å². The molecule has 1 aliphatic rings. The topological polar surface area (TPSA) is 78.5 Å². The summed E-state index contributed by atoms with van der Waals surface area (Å²) in [6, 6.07) is 0.237. The van der Waals surface area contributed by atoms with Crippen LogP contribution in [0.3, 0.4) is 0 Å². The zero-order chi connectivity index (χ0) is 17.9. The molecule has 0 unspecified atom stereocenters. The first-order valence-electron chi connectivity index (χ1n) is 8.51. The summed E-state index contributed by atoms with van der Waals surface area (Å²) in [4.78, 5) is 28.9. The van der Waals surface area contributed by atoms with Crippen molar-refractivity contribution in [3.8, 4) is 0 Å². The third-order valence-corrected chi connectivity index (χ3v) is 4.89. The fourth-order valence-electron chi connectivity index (χ4n) is 3.43. The number of aromatic amines is 1. The highest BCUT2D eigenvalue weighted by Crippen LogP contribution is 2.20. The number of hydrogen-bond donors (Lipinski definition) is 1. The van der Waals surface area contributed by atoms with E-state index in [9.17, 15) is 9.59 Å². The number of likely N-dealkylation sites (tertiary alicyclic amines) is 1. The molecule has 2 atom stereocenters. The Bertz CT molecular complexity index is 643. The highest BCUT2D eigenvalue weighted by molar-refractivity contribution is 5.95. The van der Waals surface area contributed by atoms with Crippen LogP contribution in [-0.4, -0.2) is 72.3 Å². The summed E-state index contributed by atoms with van der Waals surface area (Å²) in [6.45, 7) is 5.34. The number of rotatable bonds is 6. The fraction of sp³-hybridized carbons (Fsp3) is 0.706. The maximum absolute atomic E-state index is 12.9. The number of carbonyl (C=O) groups excluding carboxylic acids is 1. The van der Waals surface area contributed by atoms with Gasteiger partial charge in [-0.15, -0.1) is 0 Å². The Labute approximate surface area is 143 Å². The molecule has 0 aromatic carbocycles. The summed E-state index contributed by atoms with van der Waals surface area (Å²) in [7, 11) is 5.50. The van der Waals surface area contributed by atoms with E-state index in [2.05, 4.69) is 15.1 Å². The van der Waals surface area contributed by atoms with Gasteiger partial charge in [-0.2, -0.15) is 5.10 Å². The first-order valence-corrected chi connectivity index (χ1v) is 8.51. The van der Waals surface area contributed by atoms with E-state index in [1.165, 1.54) is 0 Å². The second kappa shape index (κ2) is 7.90. The van der Waals surface area contributed by atoms with Crippen LogP contribution in [0.2, 0.25) is 0 Å². The van der Waals surface area contributed by atoms with Crippen molar-refractivity contribution in [1.82, 2.24) is 20.0 Å². The molecule has 1 N–H and O–H groups in total. The summed E-state index contributed by atoms with van der Waals surface area (Å²) in [5.41, 5.74) is 1.37. The van der Waals surface area contributed by atoms with Crippen molar-refractivity contribution < 1.29 is 9.53 Å². The van der Waals surface area contributed by atoms with Gasteiger partial charge in [-0.1, -0.05) is 13.8 Å². The largest absolute Gasteiger partial charge is 0.380 e. The number of aryl methyl sites for hydroxylation is 1. The fourth-order valence-corrected chi connectivity index (χ4v) is 3.43. The SMILES string of the molecule is CCc1n[nH]c(=O)c(C(=O)N(C)C[C@@H]2C[C@H](OC)CN2C)c1CC. The first kappa shape index (κ1) is 18.6. The number of nitrogens with zero attached hydrogens (tertiary/aromatic N) is 3. The van der Waals surface area contributed by atoms with E-state index in [0.29, 0.717) is 19.4 Å². The van der Waals surface area contributed by atoms with Gasteiger partial charge in [0.1, 0.15) is 5.56 Å². The van der Waals surface area contributed by atoms with Crippen LogP contribution < -0.4 is 5.56 Å². The second-order valence-electron chi connectivity index (χ2n) is 6.43. The lowest BCUT2D eigenvalue weighted by atomic mass is 10.0. The number of hydrogen-bond acceptors (Lipinski definition) is 5. The average molecular weight is 336 g/mol. The van der Waals surface area contributed by atoms with E-state index in [0.717, 1.165) is 24.2 Å². The zero-order valence-corrected chi connectivity index (χ0v) is 15.3. The minimum Gasteiger partial charge on any atom is -0.380 e. The number of likely N-dealkylation sites (N-methyl/N-ethyl adjacent to an activating group) is 2. The molecule has 1 aromatic rings. The standard InChI is InChI=1S/C17H28N4O3/c1-6-13-14(7-2)18-19-16(22)15(13)17(23)21(4)9-11-8-12(24-5)10-20(11)3/h11-12H,6-10H2,1-5H3,(H,19,22)/t11-,12-/m0/s1. The highest BCUT2D eigenvalue weighted by atomic mass is 16.5. The lowest BCUT2D eigenvalue weighted by Gasteiger charge is -2.26. The normalized spacial score (nSPS) is 21.2. The van der Waals surface area contributed by atoms with E-state index < -0.39 is 5.56 Å². The average Bonchev–Trinajstić information content (AvgIpc) is 2.93.